The van der Waals surface area contributed by atoms with E-state index in [0.717, 1.165) is 35.6 Å². The Labute approximate surface area is 164 Å². The summed E-state index contributed by atoms with van der Waals surface area (Å²) in [6.45, 7) is 4.11. The molecule has 1 fully saturated rings. The molecule has 6 nitrogen and oxygen atoms in total. The molecule has 0 bridgehead atoms. The zero-order chi connectivity index (χ0) is 19.4. The number of carbonyl (C=O) groups excluding carboxylic acids is 1. The van der Waals surface area contributed by atoms with E-state index in [4.69, 9.17) is 0 Å². The number of amides is 1. The lowest BCUT2D eigenvalue weighted by Gasteiger charge is -2.17. The highest BCUT2D eigenvalue weighted by molar-refractivity contribution is 7.91. The Morgan fingerprint density at radius 2 is 1.96 bits per heavy atom. The second kappa shape index (κ2) is 8.41. The first-order chi connectivity index (χ1) is 12.9. The second-order valence-corrected chi connectivity index (χ2v) is 9.95. The Kier molecular flexibility index (Phi) is 6.18. The molecule has 0 unspecified atom stereocenters. The molecule has 0 spiro atoms. The molecular weight excluding hydrogens is 382 g/mol. The third kappa shape index (κ3) is 4.69. The highest BCUT2D eigenvalue weighted by atomic mass is 32.2. The summed E-state index contributed by atoms with van der Waals surface area (Å²) in [5, 5.41) is 2.89. The molecule has 1 amide bonds. The number of sulfonamides is 1. The standard InChI is InChI=1S/C19H25N3O3S2/c1-3-21(2)16-8-6-7-15(13-16)20-18(23)14-17-9-10-19(26-17)27(24,25)22-11-4-5-12-22/h6-10,13H,3-5,11-12,14H2,1-2H3,(H,20,23). The molecule has 1 aliphatic rings. The SMILES string of the molecule is CCN(C)c1cccc(NC(=O)Cc2ccc(S(=O)(=O)N3CCCC3)s2)c1. The largest absolute Gasteiger partial charge is 0.375 e. The van der Waals surface area contributed by atoms with Crippen molar-refractivity contribution in [3.63, 3.8) is 0 Å². The number of hydrogen-bond acceptors (Lipinski definition) is 5. The fourth-order valence-electron chi connectivity index (χ4n) is 3.01. The highest BCUT2D eigenvalue weighted by Gasteiger charge is 2.28. The van der Waals surface area contributed by atoms with E-state index >= 15 is 0 Å². The molecule has 2 aromatic rings. The van der Waals surface area contributed by atoms with Crippen LogP contribution in [0.15, 0.2) is 40.6 Å². The van der Waals surface area contributed by atoms with Crippen LogP contribution in [0.2, 0.25) is 0 Å². The van der Waals surface area contributed by atoms with Gasteiger partial charge in [0.15, 0.2) is 0 Å². The quantitative estimate of drug-likeness (QED) is 0.765. The molecule has 146 valence electrons. The van der Waals surface area contributed by atoms with Crippen LogP contribution in [0.4, 0.5) is 11.4 Å². The molecule has 1 aromatic carbocycles. The molecule has 3 rings (SSSR count). The lowest BCUT2D eigenvalue weighted by Crippen LogP contribution is -2.27. The number of thiophene rings is 1. The van der Waals surface area contributed by atoms with Gasteiger partial charge in [0.05, 0.1) is 6.42 Å². The van der Waals surface area contributed by atoms with E-state index in [2.05, 4.69) is 17.1 Å². The first-order valence-electron chi connectivity index (χ1n) is 9.10. The summed E-state index contributed by atoms with van der Waals surface area (Å²) in [4.78, 5) is 15.2. The lowest BCUT2D eigenvalue weighted by molar-refractivity contribution is -0.115. The van der Waals surface area contributed by atoms with Gasteiger partial charge in [-0.3, -0.25) is 4.79 Å². The van der Waals surface area contributed by atoms with Gasteiger partial charge in [-0.25, -0.2) is 8.42 Å². The van der Waals surface area contributed by atoms with E-state index in [1.54, 1.807) is 12.1 Å². The normalized spacial score (nSPS) is 15.0. The zero-order valence-electron chi connectivity index (χ0n) is 15.6. The van der Waals surface area contributed by atoms with Crippen molar-refractivity contribution >= 4 is 38.6 Å². The number of nitrogens with zero attached hydrogens (tertiary/aromatic N) is 2. The van der Waals surface area contributed by atoms with Crippen LogP contribution in [-0.2, 0) is 21.2 Å². The monoisotopic (exact) mass is 407 g/mol. The number of rotatable bonds is 7. The predicted octanol–water partition coefficient (Wildman–Crippen LogP) is 3.17. The van der Waals surface area contributed by atoms with Crippen LogP contribution in [0.25, 0.3) is 0 Å². The Bertz CT molecular complexity index is 902. The minimum absolute atomic E-state index is 0.154. The van der Waals surface area contributed by atoms with Crippen molar-refractivity contribution in [3.8, 4) is 0 Å². The molecule has 0 saturated carbocycles. The molecule has 1 aliphatic heterocycles. The molecular formula is C19H25N3O3S2. The van der Waals surface area contributed by atoms with Crippen molar-refractivity contribution in [1.82, 2.24) is 4.31 Å². The molecule has 8 heteroatoms. The number of anilines is 2. The number of benzene rings is 1. The Morgan fingerprint density at radius 3 is 2.67 bits per heavy atom. The van der Waals surface area contributed by atoms with Gasteiger partial charge < -0.3 is 10.2 Å². The molecule has 0 atom stereocenters. The summed E-state index contributed by atoms with van der Waals surface area (Å²) in [5.74, 6) is -0.154. The van der Waals surface area contributed by atoms with Crippen LogP contribution in [0.1, 0.15) is 24.6 Å². The minimum Gasteiger partial charge on any atom is -0.375 e. The Morgan fingerprint density at radius 1 is 1.22 bits per heavy atom. The van der Waals surface area contributed by atoms with Crippen LogP contribution in [0.5, 0.6) is 0 Å². The van der Waals surface area contributed by atoms with Gasteiger partial charge in [0, 0.05) is 42.9 Å². The van der Waals surface area contributed by atoms with Gasteiger partial charge >= 0.3 is 0 Å². The van der Waals surface area contributed by atoms with Gasteiger partial charge in [-0.15, -0.1) is 11.3 Å². The molecule has 1 saturated heterocycles. The second-order valence-electron chi connectivity index (χ2n) is 6.62. The number of nitrogens with one attached hydrogen (secondary N) is 1. The summed E-state index contributed by atoms with van der Waals surface area (Å²) in [7, 11) is -1.42. The third-order valence-electron chi connectivity index (χ3n) is 4.68. The fourth-order valence-corrected chi connectivity index (χ4v) is 6.04. The summed E-state index contributed by atoms with van der Waals surface area (Å²) < 4.78 is 27.0. The van der Waals surface area contributed by atoms with E-state index in [0.29, 0.717) is 17.3 Å². The summed E-state index contributed by atoms with van der Waals surface area (Å²) in [6, 6.07) is 11.0. The van der Waals surface area contributed by atoms with Crippen molar-refractivity contribution < 1.29 is 13.2 Å². The van der Waals surface area contributed by atoms with E-state index in [9.17, 15) is 13.2 Å². The van der Waals surface area contributed by atoms with Crippen LogP contribution in [-0.4, -0.2) is 45.3 Å². The lowest BCUT2D eigenvalue weighted by atomic mass is 10.2. The van der Waals surface area contributed by atoms with E-state index < -0.39 is 10.0 Å². The van der Waals surface area contributed by atoms with Gasteiger partial charge in [0.2, 0.25) is 5.91 Å². The smallest absolute Gasteiger partial charge is 0.252 e. The number of carbonyl (C=O) groups is 1. The average molecular weight is 408 g/mol. The van der Waals surface area contributed by atoms with Crippen molar-refractivity contribution in [2.75, 3.05) is 36.9 Å². The van der Waals surface area contributed by atoms with Crippen molar-refractivity contribution in [2.45, 2.75) is 30.4 Å². The van der Waals surface area contributed by atoms with Crippen LogP contribution in [0.3, 0.4) is 0 Å². The third-order valence-corrected chi connectivity index (χ3v) is 8.13. The first-order valence-corrected chi connectivity index (χ1v) is 11.4. The van der Waals surface area contributed by atoms with Gasteiger partial charge in [-0.1, -0.05) is 6.07 Å². The summed E-state index contributed by atoms with van der Waals surface area (Å²) >= 11 is 1.18. The maximum atomic E-state index is 12.6. The molecule has 2 heterocycles. The van der Waals surface area contributed by atoms with E-state index in [1.165, 1.54) is 15.6 Å². The fraction of sp³-hybridized carbons (Fsp3) is 0.421. The van der Waals surface area contributed by atoms with Crippen molar-refractivity contribution in [1.29, 1.82) is 0 Å². The van der Waals surface area contributed by atoms with Gasteiger partial charge in [-0.05, 0) is 50.1 Å². The van der Waals surface area contributed by atoms with Gasteiger partial charge in [-0.2, -0.15) is 4.31 Å². The molecule has 27 heavy (non-hydrogen) atoms. The summed E-state index contributed by atoms with van der Waals surface area (Å²) in [5.41, 5.74) is 1.77. The predicted molar refractivity (Wildman–Crippen MR) is 110 cm³/mol. The van der Waals surface area contributed by atoms with Crippen LogP contribution >= 0.6 is 11.3 Å². The van der Waals surface area contributed by atoms with Crippen LogP contribution in [0, 0.1) is 0 Å². The molecule has 1 N–H and O–H groups in total. The van der Waals surface area contributed by atoms with Crippen molar-refractivity contribution in [3.05, 3.63) is 41.3 Å². The maximum absolute atomic E-state index is 12.6. The van der Waals surface area contributed by atoms with E-state index in [-0.39, 0.29) is 12.3 Å². The number of hydrogen-bond donors (Lipinski definition) is 1. The topological polar surface area (TPSA) is 69.7 Å². The molecule has 0 aliphatic carbocycles. The van der Waals surface area contributed by atoms with Crippen LogP contribution < -0.4 is 10.2 Å². The van der Waals surface area contributed by atoms with Gasteiger partial charge in [0.1, 0.15) is 4.21 Å². The zero-order valence-corrected chi connectivity index (χ0v) is 17.3. The molecule has 0 radical (unpaired) electrons. The average Bonchev–Trinajstić information content (AvgIpc) is 3.33. The Hall–Kier alpha value is -1.90. The maximum Gasteiger partial charge on any atom is 0.252 e. The van der Waals surface area contributed by atoms with Crippen molar-refractivity contribution in [2.24, 2.45) is 0 Å². The molecule has 1 aromatic heterocycles. The highest BCUT2D eigenvalue weighted by Crippen LogP contribution is 2.28. The summed E-state index contributed by atoms with van der Waals surface area (Å²) in [6.07, 6.45) is 1.98. The Balaban J connectivity index is 1.64. The van der Waals surface area contributed by atoms with E-state index in [1.807, 2.05) is 31.3 Å². The van der Waals surface area contributed by atoms with Gasteiger partial charge in [0.25, 0.3) is 10.0 Å². The minimum atomic E-state index is -3.42. The first kappa shape index (κ1) is 19.9.